The zero-order valence-corrected chi connectivity index (χ0v) is 13.1. The van der Waals surface area contributed by atoms with Crippen molar-refractivity contribution < 1.29 is 9.84 Å². The molecule has 118 valence electrons. The lowest BCUT2D eigenvalue weighted by Gasteiger charge is -2.37. The summed E-state index contributed by atoms with van der Waals surface area (Å²) in [5.74, 6) is 0. The Labute approximate surface area is 134 Å². The molecule has 5 nitrogen and oxygen atoms in total. The molecule has 3 aromatic rings. The van der Waals surface area contributed by atoms with Gasteiger partial charge in [0.2, 0.25) is 0 Å². The summed E-state index contributed by atoms with van der Waals surface area (Å²) in [5.41, 5.74) is 4.70. The molecule has 1 aliphatic heterocycles. The molecule has 0 radical (unpaired) electrons. The largest absolute Gasteiger partial charge is 0.388 e. The molecular formula is C18H19N3O2. The number of pyridine rings is 1. The summed E-state index contributed by atoms with van der Waals surface area (Å²) in [5, 5.41) is 14.3. The van der Waals surface area contributed by atoms with Gasteiger partial charge in [-0.2, -0.15) is 0 Å². The first-order valence-corrected chi connectivity index (χ1v) is 7.69. The molecule has 0 fully saturated rings. The normalized spacial score (nSPS) is 23.5. The number of aromatic nitrogens is 2. The Balaban J connectivity index is 1.89. The number of aliphatic hydroxyl groups excluding tert-OH is 1. The molecule has 4 rings (SSSR count). The van der Waals surface area contributed by atoms with Crippen molar-refractivity contribution in [1.82, 2.24) is 9.38 Å². The third kappa shape index (κ3) is 2.20. The average molecular weight is 309 g/mol. The van der Waals surface area contributed by atoms with Crippen molar-refractivity contribution >= 4 is 11.3 Å². The SMILES string of the molecule is CO[C@H]1c2ccn3cc(C)nc3c2N[C@H](c2ccccc2)[C@H]1O. The van der Waals surface area contributed by atoms with Crippen LogP contribution in [-0.4, -0.2) is 27.7 Å². The van der Waals surface area contributed by atoms with Crippen LogP contribution >= 0.6 is 0 Å². The molecule has 0 bridgehead atoms. The van der Waals surface area contributed by atoms with Crippen molar-refractivity contribution in [2.24, 2.45) is 0 Å². The van der Waals surface area contributed by atoms with E-state index >= 15 is 0 Å². The number of benzene rings is 1. The molecule has 23 heavy (non-hydrogen) atoms. The molecule has 1 aliphatic rings. The molecule has 2 N–H and O–H groups in total. The molecule has 0 spiro atoms. The maximum Gasteiger partial charge on any atom is 0.160 e. The summed E-state index contributed by atoms with van der Waals surface area (Å²) in [4.78, 5) is 4.61. The second-order valence-corrected chi connectivity index (χ2v) is 5.94. The van der Waals surface area contributed by atoms with E-state index in [4.69, 9.17) is 4.74 Å². The number of rotatable bonds is 2. The number of aliphatic hydroxyl groups is 1. The van der Waals surface area contributed by atoms with Gasteiger partial charge in [0, 0.05) is 25.1 Å². The van der Waals surface area contributed by atoms with Gasteiger partial charge in [-0.3, -0.25) is 0 Å². The van der Waals surface area contributed by atoms with Gasteiger partial charge in [-0.25, -0.2) is 4.98 Å². The van der Waals surface area contributed by atoms with Crippen molar-refractivity contribution in [2.45, 2.75) is 25.2 Å². The van der Waals surface area contributed by atoms with Gasteiger partial charge in [0.1, 0.15) is 12.2 Å². The van der Waals surface area contributed by atoms with Crippen LogP contribution < -0.4 is 5.32 Å². The van der Waals surface area contributed by atoms with E-state index in [0.717, 1.165) is 28.2 Å². The first-order chi connectivity index (χ1) is 11.2. The predicted octanol–water partition coefficient (Wildman–Crippen LogP) is 2.86. The lowest BCUT2D eigenvalue weighted by atomic mass is 9.89. The van der Waals surface area contributed by atoms with Crippen LogP contribution in [0.3, 0.4) is 0 Å². The minimum absolute atomic E-state index is 0.239. The summed E-state index contributed by atoms with van der Waals surface area (Å²) in [7, 11) is 1.63. The Hall–Kier alpha value is -2.37. The van der Waals surface area contributed by atoms with Crippen LogP contribution in [0, 0.1) is 6.92 Å². The Kier molecular flexibility index (Phi) is 3.32. The van der Waals surface area contributed by atoms with Gasteiger partial charge < -0.3 is 19.6 Å². The Bertz CT molecular complexity index is 844. The van der Waals surface area contributed by atoms with Crippen molar-refractivity contribution in [3.05, 3.63) is 65.6 Å². The summed E-state index contributed by atoms with van der Waals surface area (Å²) in [6, 6.07) is 11.7. The first-order valence-electron chi connectivity index (χ1n) is 7.69. The van der Waals surface area contributed by atoms with E-state index in [1.54, 1.807) is 7.11 Å². The number of imidazole rings is 1. The van der Waals surface area contributed by atoms with Crippen molar-refractivity contribution in [1.29, 1.82) is 0 Å². The monoisotopic (exact) mass is 309 g/mol. The quantitative estimate of drug-likeness (QED) is 0.764. The minimum atomic E-state index is -0.673. The van der Waals surface area contributed by atoms with Gasteiger partial charge in [0.05, 0.1) is 17.4 Å². The Morgan fingerprint density at radius 3 is 2.74 bits per heavy atom. The smallest absolute Gasteiger partial charge is 0.160 e. The summed E-state index contributed by atoms with van der Waals surface area (Å²) in [6.07, 6.45) is 2.88. The van der Waals surface area contributed by atoms with Crippen molar-refractivity contribution in [3.63, 3.8) is 0 Å². The van der Waals surface area contributed by atoms with Crippen LogP contribution in [0.5, 0.6) is 0 Å². The van der Waals surface area contributed by atoms with Crippen LogP contribution in [0.15, 0.2) is 48.8 Å². The van der Waals surface area contributed by atoms with Gasteiger partial charge in [-0.05, 0) is 18.6 Å². The third-order valence-corrected chi connectivity index (χ3v) is 4.45. The number of anilines is 1. The lowest BCUT2D eigenvalue weighted by Crippen LogP contribution is -2.37. The fourth-order valence-electron chi connectivity index (χ4n) is 3.38. The zero-order chi connectivity index (χ0) is 16.0. The van der Waals surface area contributed by atoms with E-state index in [1.807, 2.05) is 60.1 Å². The molecular weight excluding hydrogens is 290 g/mol. The van der Waals surface area contributed by atoms with Gasteiger partial charge in [0.25, 0.3) is 0 Å². The molecule has 2 aromatic heterocycles. The van der Waals surface area contributed by atoms with Crippen molar-refractivity contribution in [3.8, 4) is 0 Å². The minimum Gasteiger partial charge on any atom is -0.388 e. The fraction of sp³-hybridized carbons (Fsp3) is 0.278. The Morgan fingerprint density at radius 2 is 2.00 bits per heavy atom. The van der Waals surface area contributed by atoms with E-state index in [9.17, 15) is 5.11 Å². The van der Waals surface area contributed by atoms with Gasteiger partial charge in [0.15, 0.2) is 5.65 Å². The predicted molar refractivity (Wildman–Crippen MR) is 88.5 cm³/mol. The highest BCUT2D eigenvalue weighted by Crippen LogP contribution is 2.42. The molecule has 5 heteroatoms. The van der Waals surface area contributed by atoms with E-state index < -0.39 is 12.2 Å². The topological polar surface area (TPSA) is 58.8 Å². The Morgan fingerprint density at radius 1 is 1.22 bits per heavy atom. The lowest BCUT2D eigenvalue weighted by molar-refractivity contribution is -0.0268. The number of aryl methyl sites for hydroxylation is 1. The first kappa shape index (κ1) is 14.2. The molecule has 0 aliphatic carbocycles. The second-order valence-electron chi connectivity index (χ2n) is 5.94. The number of nitrogens with zero attached hydrogens (tertiary/aromatic N) is 2. The molecule has 0 unspecified atom stereocenters. The molecule has 0 saturated carbocycles. The van der Waals surface area contributed by atoms with Crippen LogP contribution in [-0.2, 0) is 4.74 Å². The van der Waals surface area contributed by atoms with Crippen LogP contribution in [0.25, 0.3) is 5.65 Å². The number of nitrogens with one attached hydrogen (secondary N) is 1. The molecule has 0 saturated heterocycles. The summed E-state index contributed by atoms with van der Waals surface area (Å²) in [6.45, 7) is 1.97. The van der Waals surface area contributed by atoms with Gasteiger partial charge in [-0.15, -0.1) is 0 Å². The average Bonchev–Trinajstić information content (AvgIpc) is 2.95. The highest BCUT2D eigenvalue weighted by Gasteiger charge is 2.37. The summed E-state index contributed by atoms with van der Waals surface area (Å²) < 4.78 is 7.60. The van der Waals surface area contributed by atoms with Gasteiger partial charge in [-0.1, -0.05) is 30.3 Å². The highest BCUT2D eigenvalue weighted by molar-refractivity contribution is 5.74. The number of hydrogen-bond donors (Lipinski definition) is 2. The summed E-state index contributed by atoms with van der Waals surface area (Å²) >= 11 is 0. The van der Waals surface area contributed by atoms with Gasteiger partial charge >= 0.3 is 0 Å². The zero-order valence-electron chi connectivity index (χ0n) is 13.1. The number of methoxy groups -OCH3 is 1. The fourth-order valence-corrected chi connectivity index (χ4v) is 3.38. The molecule has 3 atom stereocenters. The molecule has 0 amide bonds. The number of fused-ring (bicyclic) bond motifs is 3. The molecule has 1 aromatic carbocycles. The molecule has 3 heterocycles. The standard InChI is InChI=1S/C18H19N3O2/c1-11-10-21-9-8-13-15(18(21)19-11)20-14(16(22)17(13)23-2)12-6-4-3-5-7-12/h3-10,14,16-17,20,22H,1-2H3/t14-,16-,17+/m1/s1. The van der Waals surface area contributed by atoms with Crippen LogP contribution in [0.1, 0.15) is 29.0 Å². The maximum atomic E-state index is 10.8. The van der Waals surface area contributed by atoms with E-state index in [2.05, 4.69) is 10.3 Å². The van der Waals surface area contributed by atoms with Crippen molar-refractivity contribution in [2.75, 3.05) is 12.4 Å². The van der Waals surface area contributed by atoms with Crippen LogP contribution in [0.2, 0.25) is 0 Å². The van der Waals surface area contributed by atoms with E-state index in [0.29, 0.717) is 0 Å². The maximum absolute atomic E-state index is 10.8. The number of ether oxygens (including phenoxy) is 1. The number of hydrogen-bond acceptors (Lipinski definition) is 4. The van der Waals surface area contributed by atoms with E-state index in [1.165, 1.54) is 0 Å². The second kappa shape index (κ2) is 5.37. The van der Waals surface area contributed by atoms with Crippen LogP contribution in [0.4, 0.5) is 5.69 Å². The highest BCUT2D eigenvalue weighted by atomic mass is 16.5. The van der Waals surface area contributed by atoms with E-state index in [-0.39, 0.29) is 6.04 Å². The third-order valence-electron chi connectivity index (χ3n) is 4.45.